The van der Waals surface area contributed by atoms with Crippen molar-refractivity contribution in [2.24, 2.45) is 0 Å². The highest BCUT2D eigenvalue weighted by Gasteiger charge is 2.27. The van der Waals surface area contributed by atoms with Gasteiger partial charge in [-0.1, -0.05) is 11.6 Å². The predicted octanol–water partition coefficient (Wildman–Crippen LogP) is 2.32. The number of hydrogen-bond donors (Lipinski definition) is 1. The van der Waals surface area contributed by atoms with Gasteiger partial charge in [0.1, 0.15) is 0 Å². The van der Waals surface area contributed by atoms with Gasteiger partial charge in [-0.15, -0.1) is 0 Å². The highest BCUT2D eigenvalue weighted by atomic mass is 35.5. The van der Waals surface area contributed by atoms with Gasteiger partial charge in [-0.25, -0.2) is 21.6 Å². The second-order valence-electron chi connectivity index (χ2n) is 7.17. The summed E-state index contributed by atoms with van der Waals surface area (Å²) in [7, 11) is -7.10. The molecule has 0 radical (unpaired) electrons. The van der Waals surface area contributed by atoms with Crippen LogP contribution in [0.4, 0.5) is 5.69 Å². The molecule has 32 heavy (non-hydrogen) atoms. The number of anilines is 1. The summed E-state index contributed by atoms with van der Waals surface area (Å²) in [5.74, 6) is -1.54. The fourth-order valence-corrected chi connectivity index (χ4v) is 5.40. The van der Waals surface area contributed by atoms with Crippen molar-refractivity contribution in [1.82, 2.24) is 4.31 Å². The van der Waals surface area contributed by atoms with Crippen LogP contribution in [0.15, 0.2) is 52.3 Å². The second kappa shape index (κ2) is 9.57. The number of nitrogens with one attached hydrogen (secondary N) is 1. The molecule has 1 N–H and O–H groups in total. The van der Waals surface area contributed by atoms with Gasteiger partial charge in [-0.2, -0.15) is 4.31 Å². The lowest BCUT2D eigenvalue weighted by Gasteiger charge is -2.15. The second-order valence-corrected chi connectivity index (χ2v) is 11.5. The van der Waals surface area contributed by atoms with Crippen LogP contribution in [0.3, 0.4) is 0 Å². The van der Waals surface area contributed by atoms with E-state index in [0.29, 0.717) is 13.1 Å². The van der Waals surface area contributed by atoms with E-state index in [0.717, 1.165) is 19.1 Å². The van der Waals surface area contributed by atoms with Crippen molar-refractivity contribution in [1.29, 1.82) is 0 Å². The van der Waals surface area contributed by atoms with Crippen molar-refractivity contribution in [3.63, 3.8) is 0 Å². The third kappa shape index (κ3) is 5.66. The number of carbonyl (C=O) groups excluding carboxylic acids is 2. The predicted molar refractivity (Wildman–Crippen MR) is 118 cm³/mol. The summed E-state index contributed by atoms with van der Waals surface area (Å²) in [6.07, 6.45) is 2.65. The van der Waals surface area contributed by atoms with E-state index in [1.54, 1.807) is 0 Å². The quantitative estimate of drug-likeness (QED) is 0.578. The lowest BCUT2D eigenvalue weighted by Crippen LogP contribution is -2.27. The number of sulfonamides is 1. The van der Waals surface area contributed by atoms with E-state index < -0.39 is 38.3 Å². The molecule has 0 aliphatic carbocycles. The van der Waals surface area contributed by atoms with E-state index in [-0.39, 0.29) is 26.1 Å². The lowest BCUT2D eigenvalue weighted by atomic mass is 10.2. The van der Waals surface area contributed by atoms with Crippen LogP contribution in [0.2, 0.25) is 5.02 Å². The Kier molecular flexibility index (Phi) is 7.23. The monoisotopic (exact) mass is 500 g/mol. The molecule has 9 nitrogen and oxygen atoms in total. The van der Waals surface area contributed by atoms with E-state index in [9.17, 15) is 26.4 Å². The number of sulfone groups is 1. The average Bonchev–Trinajstić information content (AvgIpc) is 3.29. The minimum atomic E-state index is -3.60. The molecule has 1 fully saturated rings. The van der Waals surface area contributed by atoms with E-state index in [1.165, 1.54) is 46.8 Å². The van der Waals surface area contributed by atoms with Crippen LogP contribution in [0.1, 0.15) is 23.2 Å². The van der Waals surface area contributed by atoms with Crippen LogP contribution in [0.5, 0.6) is 0 Å². The molecule has 0 unspecified atom stereocenters. The summed E-state index contributed by atoms with van der Waals surface area (Å²) in [4.78, 5) is 24.4. The average molecular weight is 501 g/mol. The van der Waals surface area contributed by atoms with E-state index >= 15 is 0 Å². The normalized spacial score (nSPS) is 14.8. The number of carbonyl (C=O) groups is 2. The zero-order valence-electron chi connectivity index (χ0n) is 17.1. The van der Waals surface area contributed by atoms with Crippen LogP contribution < -0.4 is 5.32 Å². The van der Waals surface area contributed by atoms with Crippen LogP contribution in [-0.4, -0.2) is 59.0 Å². The van der Waals surface area contributed by atoms with Crippen LogP contribution in [-0.2, 0) is 29.4 Å². The molecule has 1 amide bonds. The Morgan fingerprint density at radius 2 is 1.59 bits per heavy atom. The largest absolute Gasteiger partial charge is 0.452 e. The fraction of sp³-hybridized carbons (Fsp3) is 0.300. The van der Waals surface area contributed by atoms with Gasteiger partial charge in [-0.05, 0) is 55.3 Å². The molecule has 1 heterocycles. The number of ether oxygens (including phenoxy) is 1. The van der Waals surface area contributed by atoms with E-state index in [4.69, 9.17) is 16.3 Å². The Morgan fingerprint density at radius 3 is 2.19 bits per heavy atom. The molecule has 0 aromatic heterocycles. The van der Waals surface area contributed by atoms with Crippen molar-refractivity contribution >= 4 is 49.0 Å². The SMILES string of the molecule is CS(=O)(=O)c1ccc(Cl)c(NC(=O)COC(=O)c2ccc(S(=O)(=O)N3CCCC3)cc2)c1. The Morgan fingerprint density at radius 1 is 1.00 bits per heavy atom. The molecule has 0 bridgehead atoms. The summed E-state index contributed by atoms with van der Waals surface area (Å²) >= 11 is 5.98. The van der Waals surface area contributed by atoms with Crippen molar-refractivity contribution in [2.75, 3.05) is 31.3 Å². The van der Waals surface area contributed by atoms with Crippen molar-refractivity contribution in [3.8, 4) is 0 Å². The fourth-order valence-electron chi connectivity index (χ4n) is 3.07. The first kappa shape index (κ1) is 24.2. The number of benzene rings is 2. The zero-order chi connectivity index (χ0) is 23.5. The van der Waals surface area contributed by atoms with Gasteiger partial charge in [-0.3, -0.25) is 4.79 Å². The molecule has 1 saturated heterocycles. The maximum atomic E-state index is 12.5. The number of nitrogens with zero attached hydrogens (tertiary/aromatic N) is 1. The van der Waals surface area contributed by atoms with Crippen molar-refractivity contribution in [3.05, 3.63) is 53.1 Å². The molecule has 0 atom stereocenters. The molecule has 2 aromatic carbocycles. The first-order chi connectivity index (χ1) is 15.0. The Labute approximate surface area is 191 Å². The first-order valence-electron chi connectivity index (χ1n) is 9.55. The van der Waals surface area contributed by atoms with Crippen LogP contribution >= 0.6 is 11.6 Å². The summed E-state index contributed by atoms with van der Waals surface area (Å²) in [6.45, 7) is 0.294. The van der Waals surface area contributed by atoms with Gasteiger partial charge in [0.2, 0.25) is 10.0 Å². The molecule has 172 valence electrons. The molecular weight excluding hydrogens is 480 g/mol. The summed E-state index contributed by atoms with van der Waals surface area (Å²) < 4.78 is 54.7. The highest BCUT2D eigenvalue weighted by Crippen LogP contribution is 2.25. The summed E-state index contributed by atoms with van der Waals surface area (Å²) in [5.41, 5.74) is 0.141. The smallest absolute Gasteiger partial charge is 0.338 e. The number of hydrogen-bond acceptors (Lipinski definition) is 7. The van der Waals surface area contributed by atoms with Crippen LogP contribution in [0.25, 0.3) is 0 Å². The van der Waals surface area contributed by atoms with Crippen LogP contribution in [0, 0.1) is 0 Å². The maximum Gasteiger partial charge on any atom is 0.338 e. The van der Waals surface area contributed by atoms with E-state index in [1.807, 2.05) is 0 Å². The van der Waals surface area contributed by atoms with Gasteiger partial charge in [0.25, 0.3) is 5.91 Å². The molecule has 1 aliphatic rings. The number of esters is 1. The Balaban J connectivity index is 1.60. The molecule has 0 spiro atoms. The molecule has 0 saturated carbocycles. The Bertz CT molecular complexity index is 1240. The van der Waals surface area contributed by atoms with Gasteiger partial charge >= 0.3 is 5.97 Å². The van der Waals surface area contributed by atoms with Gasteiger partial charge in [0.15, 0.2) is 16.4 Å². The number of amides is 1. The molecule has 1 aliphatic heterocycles. The Hall–Kier alpha value is -2.47. The topological polar surface area (TPSA) is 127 Å². The molecule has 2 aromatic rings. The third-order valence-electron chi connectivity index (χ3n) is 4.77. The molecule has 3 rings (SSSR count). The van der Waals surface area contributed by atoms with Gasteiger partial charge in [0, 0.05) is 19.3 Å². The van der Waals surface area contributed by atoms with E-state index in [2.05, 4.69) is 5.32 Å². The van der Waals surface area contributed by atoms with Crippen molar-refractivity contribution < 1.29 is 31.2 Å². The minimum absolute atomic E-state index is 0.0295. The summed E-state index contributed by atoms with van der Waals surface area (Å²) in [6, 6.07) is 9.11. The maximum absolute atomic E-state index is 12.5. The zero-order valence-corrected chi connectivity index (χ0v) is 19.5. The molecular formula is C20H21ClN2O7S2. The van der Waals surface area contributed by atoms with Gasteiger partial charge < -0.3 is 10.1 Å². The minimum Gasteiger partial charge on any atom is -0.452 e. The summed E-state index contributed by atoms with van der Waals surface area (Å²) in [5, 5.41) is 2.51. The van der Waals surface area contributed by atoms with Crippen molar-refractivity contribution in [2.45, 2.75) is 22.6 Å². The first-order valence-corrected chi connectivity index (χ1v) is 13.3. The highest BCUT2D eigenvalue weighted by molar-refractivity contribution is 7.90. The lowest BCUT2D eigenvalue weighted by molar-refractivity contribution is -0.119. The third-order valence-corrected chi connectivity index (χ3v) is 8.12. The van der Waals surface area contributed by atoms with Gasteiger partial charge in [0.05, 0.1) is 26.1 Å². The standard InChI is InChI=1S/C20H21ClN2O7S2/c1-31(26,27)16-8-9-17(21)18(12-16)22-19(24)13-30-20(25)14-4-6-15(7-5-14)32(28,29)23-10-2-3-11-23/h4-9,12H,2-3,10-11,13H2,1H3,(H,22,24). The number of rotatable bonds is 7. The number of halogens is 1. The molecule has 12 heteroatoms.